The molecule has 0 saturated carbocycles. The average molecular weight is 360 g/mol. The van der Waals surface area contributed by atoms with Gasteiger partial charge in [-0.1, -0.05) is 63.9 Å². The second-order valence-electron chi connectivity index (χ2n) is 6.78. The molecule has 1 aromatic carbocycles. The largest absolute Gasteiger partial charge is 0.463 e. The number of carbonyl (C=O) groups is 1. The second-order valence-corrected chi connectivity index (χ2v) is 6.78. The Morgan fingerprint density at radius 2 is 1.68 bits per heavy atom. The van der Waals surface area contributed by atoms with Crippen molar-refractivity contribution in [2.75, 3.05) is 13.7 Å². The summed E-state index contributed by atoms with van der Waals surface area (Å²) in [6, 6.07) is 6.85. The number of alkyl halides is 3. The molecule has 3 nitrogen and oxygen atoms in total. The van der Waals surface area contributed by atoms with Crippen molar-refractivity contribution in [1.82, 2.24) is 0 Å². The molecule has 0 unspecified atom stereocenters. The van der Waals surface area contributed by atoms with Crippen LogP contribution in [0.1, 0.15) is 45.6 Å². The Morgan fingerprint density at radius 1 is 1.08 bits per heavy atom. The Labute approximate surface area is 147 Å². The fourth-order valence-corrected chi connectivity index (χ4v) is 2.66. The third-order valence-corrected chi connectivity index (χ3v) is 4.15. The van der Waals surface area contributed by atoms with Gasteiger partial charge in [0.1, 0.15) is 0 Å². The fraction of sp³-hybridized carbons (Fsp3) is 0.632. The summed E-state index contributed by atoms with van der Waals surface area (Å²) in [5.41, 5.74) is -3.39. The Kier molecular flexibility index (Phi) is 7.93. The Hall–Kier alpha value is -1.56. The van der Waals surface area contributed by atoms with Gasteiger partial charge in [-0.3, -0.25) is 0 Å². The molecule has 0 N–H and O–H groups in total. The predicted molar refractivity (Wildman–Crippen MR) is 90.0 cm³/mol. The van der Waals surface area contributed by atoms with Gasteiger partial charge in [0.2, 0.25) is 0 Å². The van der Waals surface area contributed by atoms with Gasteiger partial charge in [0.05, 0.1) is 6.61 Å². The minimum absolute atomic E-state index is 0.0127. The number of carbonyl (C=O) groups excluding carboxylic acids is 1. The number of methoxy groups -OCH3 is 1. The lowest BCUT2D eigenvalue weighted by molar-refractivity contribution is -0.276. The van der Waals surface area contributed by atoms with Crippen LogP contribution < -0.4 is 0 Å². The van der Waals surface area contributed by atoms with Crippen LogP contribution in [0.2, 0.25) is 0 Å². The monoisotopic (exact) mass is 360 g/mol. The molecule has 0 aliphatic heterocycles. The van der Waals surface area contributed by atoms with E-state index in [-0.39, 0.29) is 18.1 Å². The second kappa shape index (κ2) is 9.22. The van der Waals surface area contributed by atoms with E-state index in [4.69, 9.17) is 9.47 Å². The van der Waals surface area contributed by atoms with Crippen molar-refractivity contribution in [3.63, 3.8) is 0 Å². The SMILES string of the molecule is CO[C@](C(=O)OC[C@H](C)CCCC(C)C)(c1ccccc1)C(F)(F)F. The van der Waals surface area contributed by atoms with Crippen LogP contribution in [0, 0.1) is 11.8 Å². The summed E-state index contributed by atoms with van der Waals surface area (Å²) in [6.07, 6.45) is -2.15. The van der Waals surface area contributed by atoms with Crippen LogP contribution in [0.15, 0.2) is 30.3 Å². The van der Waals surface area contributed by atoms with E-state index in [1.807, 2.05) is 6.92 Å². The number of esters is 1. The van der Waals surface area contributed by atoms with E-state index in [9.17, 15) is 18.0 Å². The third-order valence-electron chi connectivity index (χ3n) is 4.15. The van der Waals surface area contributed by atoms with Gasteiger partial charge in [-0.25, -0.2) is 4.79 Å². The molecule has 0 aliphatic carbocycles. The maximum atomic E-state index is 13.7. The van der Waals surface area contributed by atoms with Gasteiger partial charge in [-0.15, -0.1) is 0 Å². The zero-order chi connectivity index (χ0) is 19.1. The van der Waals surface area contributed by atoms with Crippen molar-refractivity contribution in [3.8, 4) is 0 Å². The van der Waals surface area contributed by atoms with Crippen LogP contribution in [0.5, 0.6) is 0 Å². The molecule has 25 heavy (non-hydrogen) atoms. The molecule has 0 aliphatic rings. The fourth-order valence-electron chi connectivity index (χ4n) is 2.66. The van der Waals surface area contributed by atoms with E-state index in [2.05, 4.69) is 13.8 Å². The van der Waals surface area contributed by atoms with Gasteiger partial charge in [0, 0.05) is 12.7 Å². The van der Waals surface area contributed by atoms with E-state index >= 15 is 0 Å². The van der Waals surface area contributed by atoms with Crippen LogP contribution in [-0.2, 0) is 19.9 Å². The van der Waals surface area contributed by atoms with Crippen molar-refractivity contribution >= 4 is 5.97 Å². The highest BCUT2D eigenvalue weighted by Crippen LogP contribution is 2.43. The Morgan fingerprint density at radius 3 is 2.16 bits per heavy atom. The molecule has 0 saturated heterocycles. The quantitative estimate of drug-likeness (QED) is 0.575. The van der Waals surface area contributed by atoms with Gasteiger partial charge < -0.3 is 9.47 Å². The van der Waals surface area contributed by atoms with Gasteiger partial charge in [-0.05, 0) is 18.3 Å². The van der Waals surface area contributed by atoms with E-state index < -0.39 is 17.7 Å². The molecule has 0 bridgehead atoms. The van der Waals surface area contributed by atoms with Crippen molar-refractivity contribution in [2.45, 2.75) is 51.8 Å². The molecule has 0 amide bonds. The maximum absolute atomic E-state index is 13.7. The molecule has 0 heterocycles. The minimum Gasteiger partial charge on any atom is -0.463 e. The smallest absolute Gasteiger partial charge is 0.432 e. The van der Waals surface area contributed by atoms with Crippen molar-refractivity contribution in [2.24, 2.45) is 11.8 Å². The third kappa shape index (κ3) is 5.46. The van der Waals surface area contributed by atoms with Crippen molar-refractivity contribution in [3.05, 3.63) is 35.9 Å². The Bertz CT molecular complexity index is 528. The summed E-state index contributed by atoms with van der Waals surface area (Å²) < 4.78 is 50.8. The van der Waals surface area contributed by atoms with Gasteiger partial charge in [0.25, 0.3) is 5.60 Å². The summed E-state index contributed by atoms with van der Waals surface area (Å²) in [5.74, 6) is -0.870. The molecule has 1 aromatic rings. The molecular weight excluding hydrogens is 333 g/mol. The first-order chi connectivity index (χ1) is 11.6. The number of halogens is 3. The average Bonchev–Trinajstić information content (AvgIpc) is 2.53. The first-order valence-corrected chi connectivity index (χ1v) is 8.49. The predicted octanol–water partition coefficient (Wildman–Crippen LogP) is 5.10. The molecule has 1 rings (SSSR count). The summed E-state index contributed by atoms with van der Waals surface area (Å²) in [5, 5.41) is 0. The summed E-state index contributed by atoms with van der Waals surface area (Å²) in [4.78, 5) is 12.4. The number of rotatable bonds is 9. The highest BCUT2D eigenvalue weighted by atomic mass is 19.4. The van der Waals surface area contributed by atoms with Crippen molar-refractivity contribution < 1.29 is 27.4 Å². The number of hydrogen-bond donors (Lipinski definition) is 0. The standard InChI is InChI=1S/C19H27F3O3/c1-14(2)9-8-10-15(3)13-25-17(23)18(24-4,19(20,21)22)16-11-6-5-7-12-16/h5-7,11-12,14-15H,8-10,13H2,1-4H3/t15-,18+/m1/s1. The maximum Gasteiger partial charge on any atom is 0.432 e. The zero-order valence-electron chi connectivity index (χ0n) is 15.2. The van der Waals surface area contributed by atoms with E-state index in [0.717, 1.165) is 26.4 Å². The first kappa shape index (κ1) is 21.5. The van der Waals surface area contributed by atoms with Crippen LogP contribution in [-0.4, -0.2) is 25.9 Å². The van der Waals surface area contributed by atoms with Gasteiger partial charge >= 0.3 is 12.1 Å². The lowest BCUT2D eigenvalue weighted by Crippen LogP contribution is -2.52. The van der Waals surface area contributed by atoms with Crippen LogP contribution >= 0.6 is 0 Å². The normalized spacial score (nSPS) is 15.7. The van der Waals surface area contributed by atoms with E-state index in [1.165, 1.54) is 24.3 Å². The molecule has 0 fully saturated rings. The topological polar surface area (TPSA) is 35.5 Å². The molecule has 142 valence electrons. The minimum atomic E-state index is -4.93. The highest BCUT2D eigenvalue weighted by molar-refractivity contribution is 5.82. The van der Waals surface area contributed by atoms with Crippen LogP contribution in [0.4, 0.5) is 13.2 Å². The Balaban J connectivity index is 2.85. The number of hydrogen-bond acceptors (Lipinski definition) is 3. The summed E-state index contributed by atoms with van der Waals surface area (Å²) in [6.45, 7) is 6.02. The molecule has 6 heteroatoms. The van der Waals surface area contributed by atoms with E-state index in [0.29, 0.717) is 5.92 Å². The lowest BCUT2D eigenvalue weighted by atomic mass is 9.92. The van der Waals surface area contributed by atoms with E-state index in [1.54, 1.807) is 6.07 Å². The molecule has 0 aromatic heterocycles. The van der Waals surface area contributed by atoms with Crippen LogP contribution in [0.25, 0.3) is 0 Å². The summed E-state index contributed by atoms with van der Waals surface area (Å²) >= 11 is 0. The zero-order valence-corrected chi connectivity index (χ0v) is 15.2. The van der Waals surface area contributed by atoms with Crippen molar-refractivity contribution in [1.29, 1.82) is 0 Å². The lowest BCUT2D eigenvalue weighted by Gasteiger charge is -2.32. The first-order valence-electron chi connectivity index (χ1n) is 8.49. The van der Waals surface area contributed by atoms with Gasteiger partial charge in [0.15, 0.2) is 0 Å². The van der Waals surface area contributed by atoms with Gasteiger partial charge in [-0.2, -0.15) is 13.2 Å². The highest BCUT2D eigenvalue weighted by Gasteiger charge is 2.64. The molecule has 0 radical (unpaired) electrons. The summed E-state index contributed by atoms with van der Waals surface area (Å²) in [7, 11) is 0.869. The van der Waals surface area contributed by atoms with Crippen LogP contribution in [0.3, 0.4) is 0 Å². The molecular formula is C19H27F3O3. The number of ether oxygens (including phenoxy) is 2. The number of benzene rings is 1. The molecule has 0 spiro atoms. The molecule has 2 atom stereocenters.